The number of H-pyrrole nitrogens is 1. The van der Waals surface area contributed by atoms with Crippen molar-refractivity contribution in [3.63, 3.8) is 0 Å². The summed E-state index contributed by atoms with van der Waals surface area (Å²) < 4.78 is 38.2. The monoisotopic (exact) mass is 367 g/mol. The Kier molecular flexibility index (Phi) is 4.92. The van der Waals surface area contributed by atoms with Crippen LogP contribution in [0.4, 0.5) is 24.7 Å². The second-order valence-corrected chi connectivity index (χ2v) is 5.94. The van der Waals surface area contributed by atoms with Crippen LogP contribution in [0, 0.1) is 5.92 Å². The summed E-state index contributed by atoms with van der Waals surface area (Å²) in [4.78, 5) is 36.2. The van der Waals surface area contributed by atoms with Crippen molar-refractivity contribution in [2.45, 2.75) is 19.0 Å². The minimum atomic E-state index is -4.61. The van der Waals surface area contributed by atoms with Crippen molar-refractivity contribution in [3.05, 3.63) is 46.8 Å². The topological polar surface area (TPSA) is 91.0 Å². The van der Waals surface area contributed by atoms with Gasteiger partial charge in [-0.05, 0) is 18.9 Å². The molecule has 1 aliphatic rings. The Labute approximate surface area is 146 Å². The number of alkyl halides is 3. The maximum Gasteiger partial charge on any atom is 0.417 e. The number of halogens is 3. The van der Waals surface area contributed by atoms with Crippen molar-refractivity contribution in [1.29, 1.82) is 0 Å². The smallest absolute Gasteiger partial charge is 0.355 e. The molecule has 138 valence electrons. The molecule has 0 saturated carbocycles. The summed E-state index contributed by atoms with van der Waals surface area (Å²) in [5.74, 6) is -0.147. The third-order valence-corrected chi connectivity index (χ3v) is 4.23. The first-order valence-corrected chi connectivity index (χ1v) is 7.96. The first-order valence-electron chi connectivity index (χ1n) is 7.96. The van der Waals surface area contributed by atoms with E-state index < -0.39 is 34.8 Å². The van der Waals surface area contributed by atoms with Crippen LogP contribution >= 0.6 is 0 Å². The number of nitrogens with zero attached hydrogens (tertiary/aromatic N) is 3. The lowest BCUT2D eigenvalue weighted by Crippen LogP contribution is -2.39. The van der Waals surface area contributed by atoms with Crippen LogP contribution in [0.2, 0.25) is 0 Å². The van der Waals surface area contributed by atoms with E-state index in [1.807, 2.05) is 9.88 Å². The van der Waals surface area contributed by atoms with E-state index in [4.69, 9.17) is 0 Å². The number of anilines is 2. The van der Waals surface area contributed by atoms with Gasteiger partial charge in [0.05, 0.1) is 11.8 Å². The Morgan fingerprint density at radius 2 is 2.00 bits per heavy atom. The fourth-order valence-corrected chi connectivity index (χ4v) is 2.80. The molecule has 0 aromatic carbocycles. The van der Waals surface area contributed by atoms with Crippen LogP contribution in [-0.4, -0.2) is 33.9 Å². The lowest BCUT2D eigenvalue weighted by molar-refractivity contribution is -0.137. The highest BCUT2D eigenvalue weighted by molar-refractivity contribution is 5.92. The number of pyridine rings is 1. The van der Waals surface area contributed by atoms with E-state index in [0.717, 1.165) is 0 Å². The molecule has 10 heteroatoms. The summed E-state index contributed by atoms with van der Waals surface area (Å²) in [7, 11) is 0. The van der Waals surface area contributed by atoms with Gasteiger partial charge in [0.2, 0.25) is 5.91 Å². The summed E-state index contributed by atoms with van der Waals surface area (Å²) in [5, 5.41) is 2.32. The molecule has 0 atom stereocenters. The molecule has 0 spiro atoms. The lowest BCUT2D eigenvalue weighted by atomic mass is 9.96. The molecule has 1 amide bonds. The van der Waals surface area contributed by atoms with E-state index in [-0.39, 0.29) is 0 Å². The number of amides is 1. The summed E-state index contributed by atoms with van der Waals surface area (Å²) in [6.45, 7) is 1.13. The van der Waals surface area contributed by atoms with Crippen molar-refractivity contribution in [3.8, 4) is 0 Å². The van der Waals surface area contributed by atoms with Crippen LogP contribution < -0.4 is 15.8 Å². The normalized spacial score (nSPS) is 15.7. The first kappa shape index (κ1) is 17.9. The van der Waals surface area contributed by atoms with Gasteiger partial charge in [-0.15, -0.1) is 0 Å². The average molecular weight is 367 g/mol. The summed E-state index contributed by atoms with van der Waals surface area (Å²) >= 11 is 0. The number of carbonyl (C=O) groups is 1. The van der Waals surface area contributed by atoms with E-state index >= 15 is 0 Å². The van der Waals surface area contributed by atoms with Gasteiger partial charge in [-0.3, -0.25) is 14.6 Å². The molecular weight excluding hydrogens is 351 g/mol. The number of hydrogen-bond acceptors (Lipinski definition) is 5. The second-order valence-electron chi connectivity index (χ2n) is 5.94. The highest BCUT2D eigenvalue weighted by Crippen LogP contribution is 2.29. The van der Waals surface area contributed by atoms with Crippen molar-refractivity contribution in [2.75, 3.05) is 23.3 Å². The van der Waals surface area contributed by atoms with E-state index in [0.29, 0.717) is 44.0 Å². The van der Waals surface area contributed by atoms with Gasteiger partial charge in [-0.2, -0.15) is 13.2 Å². The maximum absolute atomic E-state index is 12.7. The van der Waals surface area contributed by atoms with Crippen molar-refractivity contribution < 1.29 is 18.0 Å². The summed E-state index contributed by atoms with van der Waals surface area (Å²) in [5.41, 5.74) is -2.20. The molecule has 0 radical (unpaired) electrons. The summed E-state index contributed by atoms with van der Waals surface area (Å²) in [6, 6.07) is 0.644. The van der Waals surface area contributed by atoms with Gasteiger partial charge in [0.15, 0.2) is 0 Å². The van der Waals surface area contributed by atoms with Crippen molar-refractivity contribution in [1.82, 2.24) is 15.0 Å². The lowest BCUT2D eigenvalue weighted by Gasteiger charge is -2.31. The molecule has 2 aromatic rings. The second kappa shape index (κ2) is 7.14. The van der Waals surface area contributed by atoms with Gasteiger partial charge >= 0.3 is 6.18 Å². The van der Waals surface area contributed by atoms with E-state index in [1.54, 1.807) is 18.6 Å². The summed E-state index contributed by atoms with van der Waals surface area (Å²) in [6.07, 6.45) is 1.74. The number of aromatic nitrogens is 3. The van der Waals surface area contributed by atoms with Crippen molar-refractivity contribution >= 4 is 17.4 Å². The van der Waals surface area contributed by atoms with Crippen LogP contribution in [0.3, 0.4) is 0 Å². The number of hydrogen-bond donors (Lipinski definition) is 2. The Bertz CT molecular complexity index is 830. The maximum atomic E-state index is 12.7. The minimum Gasteiger partial charge on any atom is -0.355 e. The molecule has 1 aliphatic heterocycles. The Balaban J connectivity index is 1.64. The molecule has 26 heavy (non-hydrogen) atoms. The van der Waals surface area contributed by atoms with Gasteiger partial charge < -0.3 is 15.2 Å². The molecular formula is C16H16F3N5O2. The molecule has 0 unspecified atom stereocenters. The average Bonchev–Trinajstić information content (AvgIpc) is 2.63. The van der Waals surface area contributed by atoms with Crippen LogP contribution in [0.15, 0.2) is 35.6 Å². The van der Waals surface area contributed by atoms with E-state index in [2.05, 4.69) is 15.3 Å². The van der Waals surface area contributed by atoms with E-state index in [9.17, 15) is 22.8 Å². The highest BCUT2D eigenvalue weighted by atomic mass is 19.4. The predicted molar refractivity (Wildman–Crippen MR) is 87.7 cm³/mol. The van der Waals surface area contributed by atoms with Gasteiger partial charge in [0, 0.05) is 37.6 Å². The molecule has 1 saturated heterocycles. The van der Waals surface area contributed by atoms with Crippen LogP contribution in [0.1, 0.15) is 18.4 Å². The predicted octanol–water partition coefficient (Wildman–Crippen LogP) is 2.04. The Hall–Kier alpha value is -2.91. The molecule has 0 bridgehead atoms. The zero-order chi connectivity index (χ0) is 18.7. The largest absolute Gasteiger partial charge is 0.417 e. The third-order valence-electron chi connectivity index (χ3n) is 4.23. The minimum absolute atomic E-state index is 0.392. The fraction of sp³-hybridized carbons (Fsp3) is 0.375. The zero-order valence-electron chi connectivity index (χ0n) is 13.6. The van der Waals surface area contributed by atoms with Gasteiger partial charge in [-0.25, -0.2) is 4.98 Å². The SMILES string of the molecule is O=C(Nc1cc(C(F)(F)F)c[nH]c1=O)C1CCN(c2cnccn2)CC1. The van der Waals surface area contributed by atoms with E-state index in [1.165, 1.54) is 0 Å². The van der Waals surface area contributed by atoms with Gasteiger partial charge in [-0.1, -0.05) is 0 Å². The molecule has 2 aromatic heterocycles. The van der Waals surface area contributed by atoms with Crippen LogP contribution in [0.5, 0.6) is 0 Å². The van der Waals surface area contributed by atoms with Gasteiger partial charge in [0.1, 0.15) is 11.5 Å². The number of aromatic amines is 1. The third kappa shape index (κ3) is 4.01. The quantitative estimate of drug-likeness (QED) is 0.866. The molecule has 2 N–H and O–H groups in total. The van der Waals surface area contributed by atoms with Crippen LogP contribution in [0.25, 0.3) is 0 Å². The number of rotatable bonds is 3. The number of piperidine rings is 1. The van der Waals surface area contributed by atoms with Gasteiger partial charge in [0.25, 0.3) is 5.56 Å². The molecule has 1 fully saturated rings. The molecule has 0 aliphatic carbocycles. The number of nitrogens with one attached hydrogen (secondary N) is 2. The number of carbonyl (C=O) groups excluding carboxylic acids is 1. The fourth-order valence-electron chi connectivity index (χ4n) is 2.80. The first-order chi connectivity index (χ1) is 12.3. The van der Waals surface area contributed by atoms with Crippen LogP contribution in [-0.2, 0) is 11.0 Å². The highest BCUT2D eigenvalue weighted by Gasteiger charge is 2.32. The Morgan fingerprint density at radius 1 is 1.27 bits per heavy atom. The molecule has 3 heterocycles. The molecule has 3 rings (SSSR count). The molecule has 7 nitrogen and oxygen atoms in total. The zero-order valence-corrected chi connectivity index (χ0v) is 13.6. The Morgan fingerprint density at radius 3 is 2.62 bits per heavy atom. The van der Waals surface area contributed by atoms with Crippen molar-refractivity contribution in [2.24, 2.45) is 5.92 Å². The standard InChI is InChI=1S/C16H16F3N5O2/c17-16(18,19)11-7-12(15(26)22-8-11)23-14(25)10-1-5-24(6-2-10)13-9-20-3-4-21-13/h3-4,7-10H,1-2,5-6H2,(H,22,26)(H,23,25).